The first-order valence-corrected chi connectivity index (χ1v) is 7.55. The number of nitrogens with zero attached hydrogens (tertiary/aromatic N) is 2. The Balaban J connectivity index is 1.65. The van der Waals surface area contributed by atoms with Crippen molar-refractivity contribution in [3.8, 4) is 5.75 Å². The van der Waals surface area contributed by atoms with Crippen molar-refractivity contribution in [2.75, 3.05) is 17.7 Å². The van der Waals surface area contributed by atoms with Gasteiger partial charge in [0, 0.05) is 24.4 Å². The van der Waals surface area contributed by atoms with E-state index in [-0.39, 0.29) is 0 Å². The Kier molecular flexibility index (Phi) is 5.03. The molecule has 1 aromatic heterocycles. The summed E-state index contributed by atoms with van der Waals surface area (Å²) in [5.41, 5.74) is 1.47. The van der Waals surface area contributed by atoms with E-state index in [9.17, 15) is 8.78 Å². The van der Waals surface area contributed by atoms with Crippen LogP contribution in [0.5, 0.6) is 5.75 Å². The molecule has 1 heterocycles. The highest BCUT2D eigenvalue weighted by molar-refractivity contribution is 5.58. The lowest BCUT2D eigenvalue weighted by atomic mass is 10.2. The largest absolute Gasteiger partial charge is 0.497 e. The minimum atomic E-state index is -0.920. The lowest BCUT2D eigenvalue weighted by Gasteiger charge is -2.09. The van der Waals surface area contributed by atoms with E-state index in [0.717, 1.165) is 23.4 Å². The van der Waals surface area contributed by atoms with Crippen LogP contribution in [-0.4, -0.2) is 17.1 Å². The van der Waals surface area contributed by atoms with E-state index < -0.39 is 11.6 Å². The highest BCUT2D eigenvalue weighted by atomic mass is 19.2. The summed E-state index contributed by atoms with van der Waals surface area (Å²) in [7, 11) is 1.62. The van der Waals surface area contributed by atoms with E-state index in [1.54, 1.807) is 13.2 Å². The predicted octanol–water partition coefficient (Wildman–Crippen LogP) is 4.12. The van der Waals surface area contributed by atoms with Crippen LogP contribution in [0.3, 0.4) is 0 Å². The number of benzene rings is 2. The summed E-state index contributed by atoms with van der Waals surface area (Å²) < 4.78 is 31.3. The third-order valence-electron chi connectivity index (χ3n) is 3.49. The molecular formula is C18H16F2N4O. The summed E-state index contributed by atoms with van der Waals surface area (Å²) >= 11 is 0. The Morgan fingerprint density at radius 2 is 1.68 bits per heavy atom. The topological polar surface area (TPSA) is 59.1 Å². The standard InChI is InChI=1S/C18H16F2N4O/c1-25-14-5-2-12(3-6-14)10-21-17-9-18(23-11-22-17)24-13-4-7-15(19)16(20)8-13/h2-9,11H,10H2,1H3,(H2,21,22,23,24). The van der Waals surface area contributed by atoms with Crippen molar-refractivity contribution >= 4 is 17.3 Å². The lowest BCUT2D eigenvalue weighted by molar-refractivity contribution is 0.414. The van der Waals surface area contributed by atoms with Crippen molar-refractivity contribution in [2.24, 2.45) is 0 Å². The first kappa shape index (κ1) is 16.6. The molecule has 25 heavy (non-hydrogen) atoms. The minimum absolute atomic E-state index is 0.402. The molecule has 0 amide bonds. The van der Waals surface area contributed by atoms with Crippen LogP contribution in [0.2, 0.25) is 0 Å². The Morgan fingerprint density at radius 3 is 2.40 bits per heavy atom. The van der Waals surface area contributed by atoms with Gasteiger partial charge in [-0.1, -0.05) is 12.1 Å². The zero-order valence-corrected chi connectivity index (χ0v) is 13.5. The van der Waals surface area contributed by atoms with E-state index in [4.69, 9.17) is 4.74 Å². The number of hydrogen-bond donors (Lipinski definition) is 2. The maximum absolute atomic E-state index is 13.3. The molecule has 0 spiro atoms. The van der Waals surface area contributed by atoms with Crippen molar-refractivity contribution in [3.63, 3.8) is 0 Å². The molecule has 0 aliphatic carbocycles. The minimum Gasteiger partial charge on any atom is -0.497 e. The van der Waals surface area contributed by atoms with Gasteiger partial charge in [-0.05, 0) is 29.8 Å². The maximum Gasteiger partial charge on any atom is 0.160 e. The molecule has 0 bridgehead atoms. The molecule has 0 unspecified atom stereocenters. The molecule has 0 atom stereocenters. The van der Waals surface area contributed by atoms with Gasteiger partial charge in [0.2, 0.25) is 0 Å². The first-order valence-electron chi connectivity index (χ1n) is 7.55. The summed E-state index contributed by atoms with van der Waals surface area (Å²) in [6.07, 6.45) is 1.39. The summed E-state index contributed by atoms with van der Waals surface area (Å²) in [6.45, 7) is 0.575. The van der Waals surface area contributed by atoms with Gasteiger partial charge in [0.15, 0.2) is 11.6 Å². The summed E-state index contributed by atoms with van der Waals surface area (Å²) in [4.78, 5) is 8.21. The van der Waals surface area contributed by atoms with Crippen LogP contribution in [0.15, 0.2) is 54.9 Å². The number of methoxy groups -OCH3 is 1. The SMILES string of the molecule is COc1ccc(CNc2cc(Nc3ccc(F)c(F)c3)ncn2)cc1. The second kappa shape index (κ2) is 7.57. The van der Waals surface area contributed by atoms with Crippen LogP contribution in [0, 0.1) is 11.6 Å². The monoisotopic (exact) mass is 342 g/mol. The molecule has 0 saturated heterocycles. The fourth-order valence-corrected chi connectivity index (χ4v) is 2.18. The van der Waals surface area contributed by atoms with Crippen molar-refractivity contribution < 1.29 is 13.5 Å². The first-order chi connectivity index (χ1) is 12.1. The van der Waals surface area contributed by atoms with E-state index in [1.807, 2.05) is 24.3 Å². The number of anilines is 3. The average Bonchev–Trinajstić information content (AvgIpc) is 2.64. The van der Waals surface area contributed by atoms with Gasteiger partial charge >= 0.3 is 0 Å². The molecule has 2 aromatic carbocycles. The molecule has 0 saturated carbocycles. The Morgan fingerprint density at radius 1 is 0.920 bits per heavy atom. The molecule has 5 nitrogen and oxygen atoms in total. The smallest absolute Gasteiger partial charge is 0.160 e. The highest BCUT2D eigenvalue weighted by Crippen LogP contribution is 2.19. The molecule has 0 radical (unpaired) electrons. The summed E-state index contributed by atoms with van der Waals surface area (Å²) in [6, 6.07) is 12.9. The van der Waals surface area contributed by atoms with Crippen LogP contribution in [0.25, 0.3) is 0 Å². The van der Waals surface area contributed by atoms with Crippen LogP contribution < -0.4 is 15.4 Å². The molecule has 0 aliphatic rings. The zero-order chi connectivity index (χ0) is 17.6. The van der Waals surface area contributed by atoms with Gasteiger partial charge in [0.25, 0.3) is 0 Å². The van der Waals surface area contributed by atoms with Crippen molar-refractivity contribution in [1.82, 2.24) is 9.97 Å². The fourth-order valence-electron chi connectivity index (χ4n) is 2.18. The van der Waals surface area contributed by atoms with Crippen LogP contribution in [0.4, 0.5) is 26.1 Å². The van der Waals surface area contributed by atoms with E-state index in [0.29, 0.717) is 23.9 Å². The molecule has 128 valence electrons. The van der Waals surface area contributed by atoms with Gasteiger partial charge in [0.05, 0.1) is 7.11 Å². The van der Waals surface area contributed by atoms with Gasteiger partial charge in [-0.25, -0.2) is 18.7 Å². The van der Waals surface area contributed by atoms with Gasteiger partial charge in [-0.2, -0.15) is 0 Å². The van der Waals surface area contributed by atoms with E-state index in [1.165, 1.54) is 12.4 Å². The molecule has 3 aromatic rings. The van der Waals surface area contributed by atoms with Gasteiger partial charge < -0.3 is 15.4 Å². The van der Waals surface area contributed by atoms with Crippen molar-refractivity contribution in [3.05, 3.63) is 72.1 Å². The number of nitrogens with one attached hydrogen (secondary N) is 2. The van der Waals surface area contributed by atoms with Crippen LogP contribution >= 0.6 is 0 Å². The van der Waals surface area contributed by atoms with Crippen LogP contribution in [-0.2, 0) is 6.54 Å². The van der Waals surface area contributed by atoms with Gasteiger partial charge in [0.1, 0.15) is 23.7 Å². The zero-order valence-electron chi connectivity index (χ0n) is 13.5. The second-order valence-corrected chi connectivity index (χ2v) is 5.24. The van der Waals surface area contributed by atoms with Crippen LogP contribution in [0.1, 0.15) is 5.56 Å². The maximum atomic E-state index is 13.3. The summed E-state index contributed by atoms with van der Waals surface area (Å²) in [5.74, 6) is 0.0601. The average molecular weight is 342 g/mol. The Labute approximate surface area is 143 Å². The Bertz CT molecular complexity index is 856. The Hall–Kier alpha value is -3.22. The highest BCUT2D eigenvalue weighted by Gasteiger charge is 2.04. The second-order valence-electron chi connectivity index (χ2n) is 5.24. The third-order valence-corrected chi connectivity index (χ3v) is 3.49. The van der Waals surface area contributed by atoms with Gasteiger partial charge in [-0.15, -0.1) is 0 Å². The van der Waals surface area contributed by atoms with E-state index >= 15 is 0 Å². The number of ether oxygens (including phenoxy) is 1. The molecule has 3 rings (SSSR count). The number of rotatable bonds is 6. The molecule has 0 aliphatic heterocycles. The summed E-state index contributed by atoms with van der Waals surface area (Å²) in [5, 5.41) is 6.09. The molecule has 2 N–H and O–H groups in total. The van der Waals surface area contributed by atoms with Crippen molar-refractivity contribution in [1.29, 1.82) is 0 Å². The number of aromatic nitrogens is 2. The fraction of sp³-hybridized carbons (Fsp3) is 0.111. The van der Waals surface area contributed by atoms with E-state index in [2.05, 4.69) is 20.6 Å². The lowest BCUT2D eigenvalue weighted by Crippen LogP contribution is -2.03. The predicted molar refractivity (Wildman–Crippen MR) is 92.0 cm³/mol. The van der Waals surface area contributed by atoms with Crippen molar-refractivity contribution in [2.45, 2.75) is 6.54 Å². The molecule has 0 fully saturated rings. The quantitative estimate of drug-likeness (QED) is 0.706. The number of hydrogen-bond acceptors (Lipinski definition) is 5. The third kappa shape index (κ3) is 4.41. The molecular weight excluding hydrogens is 326 g/mol. The normalized spacial score (nSPS) is 10.4. The molecule has 7 heteroatoms. The number of halogens is 2. The van der Waals surface area contributed by atoms with Gasteiger partial charge in [-0.3, -0.25) is 0 Å².